The second kappa shape index (κ2) is 7.25. The van der Waals surface area contributed by atoms with E-state index in [1.54, 1.807) is 30.7 Å². The molecule has 1 fully saturated rings. The van der Waals surface area contributed by atoms with Crippen molar-refractivity contribution in [2.45, 2.75) is 44.2 Å². The fourth-order valence-corrected chi connectivity index (χ4v) is 5.71. The highest BCUT2D eigenvalue weighted by Gasteiger charge is 2.30. The van der Waals surface area contributed by atoms with Crippen LogP contribution in [0.15, 0.2) is 29.2 Å². The molecule has 7 heteroatoms. The SMILES string of the molecule is COC(=O)c1cn(C2CC2)c2c(OC)c(-c3cc4c(s3)C(N)CCC4)ccc2c1=O. The topological polar surface area (TPSA) is 83.6 Å². The Bertz CT molecular complexity index is 1220. The summed E-state index contributed by atoms with van der Waals surface area (Å²) < 4.78 is 12.7. The zero-order chi connectivity index (χ0) is 21.0. The number of carbonyl (C=O) groups excluding carboxylic acids is 1. The average Bonchev–Trinajstić information content (AvgIpc) is 3.50. The Morgan fingerprint density at radius 2 is 2.03 bits per heavy atom. The summed E-state index contributed by atoms with van der Waals surface area (Å²) in [6.45, 7) is 0. The minimum atomic E-state index is -0.612. The van der Waals surface area contributed by atoms with Crippen LogP contribution < -0.4 is 15.9 Å². The van der Waals surface area contributed by atoms with Gasteiger partial charge in [0.2, 0.25) is 5.43 Å². The number of pyridine rings is 1. The van der Waals surface area contributed by atoms with E-state index in [-0.39, 0.29) is 23.1 Å². The van der Waals surface area contributed by atoms with Crippen molar-refractivity contribution < 1.29 is 14.3 Å². The van der Waals surface area contributed by atoms with Crippen LogP contribution in [0.25, 0.3) is 21.3 Å². The molecule has 1 saturated carbocycles. The van der Waals surface area contributed by atoms with Crippen LogP contribution in [0.2, 0.25) is 0 Å². The number of hydrogen-bond acceptors (Lipinski definition) is 6. The number of thiophene rings is 1. The van der Waals surface area contributed by atoms with E-state index in [1.165, 1.54) is 17.6 Å². The molecule has 156 valence electrons. The second-order valence-electron chi connectivity index (χ2n) is 8.04. The van der Waals surface area contributed by atoms with Crippen LogP contribution in [-0.4, -0.2) is 24.8 Å². The third-order valence-electron chi connectivity index (χ3n) is 6.10. The first-order valence-electron chi connectivity index (χ1n) is 10.3. The summed E-state index contributed by atoms with van der Waals surface area (Å²) in [6.07, 6.45) is 6.82. The monoisotopic (exact) mass is 424 g/mol. The van der Waals surface area contributed by atoms with Crippen molar-refractivity contribution in [2.75, 3.05) is 14.2 Å². The van der Waals surface area contributed by atoms with Gasteiger partial charge in [0.15, 0.2) is 5.75 Å². The second-order valence-corrected chi connectivity index (χ2v) is 9.13. The Labute approximate surface area is 178 Å². The van der Waals surface area contributed by atoms with Crippen molar-refractivity contribution in [1.29, 1.82) is 0 Å². The molecule has 30 heavy (non-hydrogen) atoms. The summed E-state index contributed by atoms with van der Waals surface area (Å²) in [5, 5.41) is 0.475. The van der Waals surface area contributed by atoms with Gasteiger partial charge in [0.1, 0.15) is 5.56 Å². The predicted molar refractivity (Wildman–Crippen MR) is 118 cm³/mol. The maximum Gasteiger partial charge on any atom is 0.343 e. The number of rotatable bonds is 4. The molecule has 6 nitrogen and oxygen atoms in total. The summed E-state index contributed by atoms with van der Waals surface area (Å²) in [7, 11) is 2.92. The number of fused-ring (bicyclic) bond motifs is 2. The molecule has 2 N–H and O–H groups in total. The summed E-state index contributed by atoms with van der Waals surface area (Å²) in [5.41, 5.74) is 9.08. The summed E-state index contributed by atoms with van der Waals surface area (Å²) in [4.78, 5) is 27.6. The van der Waals surface area contributed by atoms with Crippen LogP contribution >= 0.6 is 11.3 Å². The third kappa shape index (κ3) is 2.96. The van der Waals surface area contributed by atoms with Gasteiger partial charge in [-0.1, -0.05) is 0 Å². The molecule has 3 aromatic rings. The molecule has 1 unspecified atom stereocenters. The highest BCUT2D eigenvalue weighted by atomic mass is 32.1. The summed E-state index contributed by atoms with van der Waals surface area (Å²) in [5.74, 6) is 0.0550. The van der Waals surface area contributed by atoms with E-state index in [2.05, 4.69) is 6.07 Å². The van der Waals surface area contributed by atoms with E-state index in [9.17, 15) is 9.59 Å². The van der Waals surface area contributed by atoms with Gasteiger partial charge >= 0.3 is 5.97 Å². The van der Waals surface area contributed by atoms with Crippen LogP contribution in [0.3, 0.4) is 0 Å². The van der Waals surface area contributed by atoms with Crippen molar-refractivity contribution in [2.24, 2.45) is 5.73 Å². The molecule has 1 atom stereocenters. The first-order valence-corrected chi connectivity index (χ1v) is 11.1. The van der Waals surface area contributed by atoms with Crippen LogP contribution in [0.1, 0.15) is 58.6 Å². The largest absolute Gasteiger partial charge is 0.494 e. The summed E-state index contributed by atoms with van der Waals surface area (Å²) >= 11 is 1.71. The molecule has 0 amide bonds. The lowest BCUT2D eigenvalue weighted by molar-refractivity contribution is 0.0598. The molecule has 0 saturated heterocycles. The van der Waals surface area contributed by atoms with Gasteiger partial charge in [0.05, 0.1) is 25.1 Å². The van der Waals surface area contributed by atoms with Gasteiger partial charge in [-0.2, -0.15) is 0 Å². The van der Waals surface area contributed by atoms with Crippen LogP contribution in [0.4, 0.5) is 0 Å². The van der Waals surface area contributed by atoms with Crippen molar-refractivity contribution in [1.82, 2.24) is 4.57 Å². The smallest absolute Gasteiger partial charge is 0.343 e. The highest BCUT2D eigenvalue weighted by Crippen LogP contribution is 2.46. The molecule has 1 aromatic carbocycles. The molecule has 2 aliphatic carbocycles. The lowest BCUT2D eigenvalue weighted by Gasteiger charge is -2.17. The minimum Gasteiger partial charge on any atom is -0.494 e. The molecular weight excluding hydrogens is 400 g/mol. The molecule has 2 heterocycles. The van der Waals surface area contributed by atoms with E-state index in [0.29, 0.717) is 11.1 Å². The number of methoxy groups -OCH3 is 2. The third-order valence-corrected chi connectivity index (χ3v) is 7.44. The number of aromatic nitrogens is 1. The Morgan fingerprint density at radius 1 is 1.23 bits per heavy atom. The maximum atomic E-state index is 13.1. The Hall–Kier alpha value is -2.64. The molecule has 0 aliphatic heterocycles. The molecule has 0 bridgehead atoms. The fraction of sp³-hybridized carbons (Fsp3) is 0.391. The molecule has 0 spiro atoms. The van der Waals surface area contributed by atoms with Gasteiger partial charge in [0, 0.05) is 33.6 Å². The van der Waals surface area contributed by atoms with E-state index in [0.717, 1.165) is 48.1 Å². The van der Waals surface area contributed by atoms with Gasteiger partial charge < -0.3 is 19.8 Å². The van der Waals surface area contributed by atoms with Crippen molar-refractivity contribution in [3.05, 3.63) is 50.6 Å². The normalized spacial score (nSPS) is 18.3. The molecule has 2 aliphatic rings. The van der Waals surface area contributed by atoms with Crippen LogP contribution in [0, 0.1) is 0 Å². The highest BCUT2D eigenvalue weighted by molar-refractivity contribution is 7.15. The molecule has 2 aromatic heterocycles. The summed E-state index contributed by atoms with van der Waals surface area (Å²) in [6, 6.07) is 6.28. The van der Waals surface area contributed by atoms with E-state index in [4.69, 9.17) is 15.2 Å². The van der Waals surface area contributed by atoms with E-state index >= 15 is 0 Å². The Kier molecular flexibility index (Phi) is 4.67. The lowest BCUT2D eigenvalue weighted by Crippen LogP contribution is -2.20. The molecular formula is C23H24N2O4S. The number of nitrogens with two attached hydrogens (primary N) is 1. The van der Waals surface area contributed by atoms with Gasteiger partial charge in [-0.3, -0.25) is 4.79 Å². The van der Waals surface area contributed by atoms with Gasteiger partial charge in [-0.25, -0.2) is 4.79 Å². The van der Waals surface area contributed by atoms with E-state index in [1.807, 2.05) is 10.6 Å². The zero-order valence-corrected chi connectivity index (χ0v) is 17.9. The first kappa shape index (κ1) is 19.3. The quantitative estimate of drug-likeness (QED) is 0.635. The van der Waals surface area contributed by atoms with E-state index < -0.39 is 5.97 Å². The Balaban J connectivity index is 1.77. The predicted octanol–water partition coefficient (Wildman–Crippen LogP) is 4.20. The average molecular weight is 425 g/mol. The Morgan fingerprint density at radius 3 is 2.70 bits per heavy atom. The number of aryl methyl sites for hydroxylation is 1. The van der Waals surface area contributed by atoms with Gasteiger partial charge in [-0.05, 0) is 55.9 Å². The van der Waals surface area contributed by atoms with Crippen LogP contribution in [0.5, 0.6) is 5.75 Å². The standard InChI is InChI=1S/C23H24N2O4S/c1-28-21-14(18-10-12-4-3-5-17(24)22(12)30-18)8-9-15-19(21)25(13-6-7-13)11-16(20(15)26)23(27)29-2/h8-11,13,17H,3-7,24H2,1-2H3. The number of carbonyl (C=O) groups is 1. The first-order chi connectivity index (χ1) is 14.5. The van der Waals surface area contributed by atoms with Gasteiger partial charge in [0.25, 0.3) is 0 Å². The molecule has 5 rings (SSSR count). The number of ether oxygens (including phenoxy) is 2. The fourth-order valence-electron chi connectivity index (χ4n) is 4.44. The van der Waals surface area contributed by atoms with Crippen molar-refractivity contribution in [3.63, 3.8) is 0 Å². The van der Waals surface area contributed by atoms with Crippen molar-refractivity contribution in [3.8, 4) is 16.2 Å². The number of benzene rings is 1. The van der Waals surface area contributed by atoms with Crippen molar-refractivity contribution >= 4 is 28.2 Å². The van der Waals surface area contributed by atoms with Crippen LogP contribution in [-0.2, 0) is 11.2 Å². The zero-order valence-electron chi connectivity index (χ0n) is 17.1. The maximum absolute atomic E-state index is 13.1. The number of esters is 1. The number of nitrogens with zero attached hydrogens (tertiary/aromatic N) is 1. The molecule has 0 radical (unpaired) electrons. The lowest BCUT2D eigenvalue weighted by atomic mass is 9.95. The van der Waals surface area contributed by atoms with Gasteiger partial charge in [-0.15, -0.1) is 11.3 Å². The minimum absolute atomic E-state index is 0.0595. The number of hydrogen-bond donors (Lipinski definition) is 1.